The first kappa shape index (κ1) is 20.0. The van der Waals surface area contributed by atoms with Crippen LogP contribution in [0.2, 0.25) is 0 Å². The second kappa shape index (κ2) is 9.99. The first-order valence-corrected chi connectivity index (χ1v) is 8.91. The van der Waals surface area contributed by atoms with E-state index in [9.17, 15) is 14.4 Å². The van der Waals surface area contributed by atoms with Crippen LogP contribution < -0.4 is 10.6 Å². The maximum absolute atomic E-state index is 12.0. The maximum Gasteiger partial charge on any atom is 0.338 e. The Morgan fingerprint density at radius 2 is 1.78 bits per heavy atom. The highest BCUT2D eigenvalue weighted by molar-refractivity contribution is 7.99. The monoisotopic (exact) mass is 383 g/mol. The van der Waals surface area contributed by atoms with Gasteiger partial charge in [-0.15, -0.1) is 11.8 Å². The third kappa shape index (κ3) is 6.49. The van der Waals surface area contributed by atoms with Gasteiger partial charge in [0, 0.05) is 17.5 Å². The van der Waals surface area contributed by atoms with E-state index >= 15 is 0 Å². The van der Waals surface area contributed by atoms with Crippen LogP contribution in [0.4, 0.5) is 11.4 Å². The van der Waals surface area contributed by atoms with E-state index in [1.165, 1.54) is 30.8 Å². The summed E-state index contributed by atoms with van der Waals surface area (Å²) in [6.45, 7) is 0.946. The van der Waals surface area contributed by atoms with Crippen LogP contribution in [0.1, 0.15) is 17.3 Å². The fourth-order valence-electron chi connectivity index (χ4n) is 2.10. The van der Waals surface area contributed by atoms with E-state index in [0.717, 1.165) is 4.90 Å². The van der Waals surface area contributed by atoms with Gasteiger partial charge in [-0.3, -0.25) is 9.59 Å². The van der Waals surface area contributed by atoms with E-state index in [1.807, 2.05) is 6.07 Å². The van der Waals surface area contributed by atoms with Crippen LogP contribution in [-0.4, -0.2) is 30.1 Å². The Kier molecular flexibility index (Phi) is 7.40. The van der Waals surface area contributed by atoms with Gasteiger partial charge in [0.25, 0.3) is 5.91 Å². The van der Waals surface area contributed by atoms with Crippen LogP contribution in [0, 0.1) is 11.3 Å². The van der Waals surface area contributed by atoms with E-state index < -0.39 is 18.5 Å². The van der Waals surface area contributed by atoms with Crippen molar-refractivity contribution < 1.29 is 19.1 Å². The number of carbonyl (C=O) groups excluding carboxylic acids is 3. The predicted molar refractivity (Wildman–Crippen MR) is 102 cm³/mol. The molecule has 138 valence electrons. The van der Waals surface area contributed by atoms with Gasteiger partial charge in [0.05, 0.1) is 23.1 Å². The summed E-state index contributed by atoms with van der Waals surface area (Å²) < 4.78 is 5.01. The number of carbonyl (C=O) groups is 3. The molecule has 0 bridgehead atoms. The van der Waals surface area contributed by atoms with Gasteiger partial charge in [-0.2, -0.15) is 5.26 Å². The predicted octanol–water partition coefficient (Wildman–Crippen LogP) is 3.06. The Morgan fingerprint density at radius 3 is 2.44 bits per heavy atom. The number of thioether (sulfide) groups is 1. The number of benzene rings is 2. The molecule has 0 saturated carbocycles. The highest BCUT2D eigenvalue weighted by Gasteiger charge is 2.12. The van der Waals surface area contributed by atoms with Crippen molar-refractivity contribution in [1.29, 1.82) is 5.26 Å². The van der Waals surface area contributed by atoms with Crippen molar-refractivity contribution in [2.24, 2.45) is 0 Å². The van der Waals surface area contributed by atoms with Crippen LogP contribution in [-0.2, 0) is 14.3 Å². The molecule has 0 aromatic heterocycles. The molecule has 0 heterocycles. The average molecular weight is 383 g/mol. The smallest absolute Gasteiger partial charge is 0.338 e. The minimum Gasteiger partial charge on any atom is -0.452 e. The number of hydrogen-bond acceptors (Lipinski definition) is 6. The summed E-state index contributed by atoms with van der Waals surface area (Å²) in [7, 11) is 0. The first-order valence-electron chi connectivity index (χ1n) is 7.93. The first-order chi connectivity index (χ1) is 13.0. The average Bonchev–Trinajstić information content (AvgIpc) is 2.65. The molecule has 2 aromatic rings. The van der Waals surface area contributed by atoms with Crippen LogP contribution in [0.15, 0.2) is 53.4 Å². The fraction of sp³-hybridized carbons (Fsp3) is 0.158. The summed E-state index contributed by atoms with van der Waals surface area (Å²) in [5.74, 6) is -1.08. The molecule has 8 heteroatoms. The number of nitrogens with zero attached hydrogens (tertiary/aromatic N) is 1. The van der Waals surface area contributed by atoms with Crippen molar-refractivity contribution in [3.8, 4) is 6.07 Å². The molecule has 2 rings (SSSR count). The number of hydrogen-bond donors (Lipinski definition) is 2. The van der Waals surface area contributed by atoms with E-state index in [-0.39, 0.29) is 17.2 Å². The van der Waals surface area contributed by atoms with Crippen LogP contribution in [0.25, 0.3) is 0 Å². The molecule has 2 aromatic carbocycles. The zero-order chi connectivity index (χ0) is 19.6. The van der Waals surface area contributed by atoms with Gasteiger partial charge >= 0.3 is 5.97 Å². The lowest BCUT2D eigenvalue weighted by molar-refractivity contribution is -0.119. The molecule has 2 amide bonds. The number of rotatable bonds is 7. The molecule has 0 unspecified atom stereocenters. The second-order valence-corrected chi connectivity index (χ2v) is 6.34. The molecule has 0 aliphatic rings. The number of anilines is 2. The van der Waals surface area contributed by atoms with Crippen molar-refractivity contribution in [2.45, 2.75) is 11.8 Å². The van der Waals surface area contributed by atoms with E-state index in [4.69, 9.17) is 10.00 Å². The number of esters is 1. The summed E-state index contributed by atoms with van der Waals surface area (Å²) >= 11 is 1.30. The summed E-state index contributed by atoms with van der Waals surface area (Å²) in [4.78, 5) is 35.8. The molecule has 0 aliphatic heterocycles. The normalized spacial score (nSPS) is 9.78. The molecule has 0 aliphatic carbocycles. The molecule has 0 atom stereocenters. The molecule has 7 nitrogen and oxygen atoms in total. The Labute approximate surface area is 160 Å². The van der Waals surface area contributed by atoms with Crippen LogP contribution in [0.5, 0.6) is 0 Å². The molecular weight excluding hydrogens is 366 g/mol. The third-order valence-electron chi connectivity index (χ3n) is 3.23. The summed E-state index contributed by atoms with van der Waals surface area (Å²) in [5, 5.41) is 13.9. The summed E-state index contributed by atoms with van der Waals surface area (Å²) in [6, 6.07) is 15.2. The fourth-order valence-corrected chi connectivity index (χ4v) is 2.77. The Morgan fingerprint density at radius 1 is 1.07 bits per heavy atom. The number of nitrogens with one attached hydrogen (secondary N) is 2. The summed E-state index contributed by atoms with van der Waals surface area (Å²) in [6.07, 6.45) is 0. The maximum atomic E-state index is 12.0. The van der Waals surface area contributed by atoms with Crippen molar-refractivity contribution >= 4 is 40.9 Å². The second-order valence-electron chi connectivity index (χ2n) is 5.33. The molecule has 0 radical (unpaired) electrons. The minimum absolute atomic E-state index is 0.213. The molecule has 0 spiro atoms. The Balaban J connectivity index is 1.89. The lowest BCUT2D eigenvalue weighted by atomic mass is 10.2. The lowest BCUT2D eigenvalue weighted by Crippen LogP contribution is -2.21. The Hall–Kier alpha value is -3.31. The topological polar surface area (TPSA) is 108 Å². The van der Waals surface area contributed by atoms with Gasteiger partial charge in [0.1, 0.15) is 0 Å². The SMILES string of the molecule is CC(=O)Nc1ccc(C(=O)OCC(=O)Nc2ccccc2SCC#N)cc1. The molecule has 0 fully saturated rings. The van der Waals surface area contributed by atoms with E-state index in [1.54, 1.807) is 36.4 Å². The van der Waals surface area contributed by atoms with E-state index in [2.05, 4.69) is 10.6 Å². The quantitative estimate of drug-likeness (QED) is 0.562. The molecule has 27 heavy (non-hydrogen) atoms. The molecule has 2 N–H and O–H groups in total. The van der Waals surface area contributed by atoms with Crippen LogP contribution >= 0.6 is 11.8 Å². The number of amides is 2. The largest absolute Gasteiger partial charge is 0.452 e. The van der Waals surface area contributed by atoms with Gasteiger partial charge in [0.2, 0.25) is 5.91 Å². The van der Waals surface area contributed by atoms with Crippen molar-refractivity contribution in [2.75, 3.05) is 23.0 Å². The van der Waals surface area contributed by atoms with Gasteiger partial charge in [-0.1, -0.05) is 12.1 Å². The highest BCUT2D eigenvalue weighted by Crippen LogP contribution is 2.26. The standard InChI is InChI=1S/C19H17N3O4S/c1-13(23)21-15-8-6-14(7-9-15)19(25)26-12-18(24)22-16-4-2-3-5-17(16)27-11-10-20/h2-9H,11-12H2,1H3,(H,21,23)(H,22,24). The van der Waals surface area contributed by atoms with Gasteiger partial charge in [-0.05, 0) is 36.4 Å². The molecular formula is C19H17N3O4S. The van der Waals surface area contributed by atoms with Gasteiger partial charge < -0.3 is 15.4 Å². The number of ether oxygens (including phenoxy) is 1. The Bertz CT molecular complexity index is 875. The van der Waals surface area contributed by atoms with Gasteiger partial charge in [-0.25, -0.2) is 4.79 Å². The number of nitriles is 1. The van der Waals surface area contributed by atoms with Crippen molar-refractivity contribution in [1.82, 2.24) is 0 Å². The zero-order valence-electron chi connectivity index (χ0n) is 14.5. The highest BCUT2D eigenvalue weighted by atomic mass is 32.2. The lowest BCUT2D eigenvalue weighted by Gasteiger charge is -2.10. The molecule has 0 saturated heterocycles. The minimum atomic E-state index is -0.647. The number of para-hydroxylation sites is 1. The van der Waals surface area contributed by atoms with E-state index in [0.29, 0.717) is 11.4 Å². The summed E-state index contributed by atoms with van der Waals surface area (Å²) in [5.41, 5.74) is 1.38. The van der Waals surface area contributed by atoms with Gasteiger partial charge in [0.15, 0.2) is 6.61 Å². The van der Waals surface area contributed by atoms with Crippen LogP contribution in [0.3, 0.4) is 0 Å². The van der Waals surface area contributed by atoms with Crippen molar-refractivity contribution in [3.63, 3.8) is 0 Å². The zero-order valence-corrected chi connectivity index (χ0v) is 15.3. The van der Waals surface area contributed by atoms with Crippen molar-refractivity contribution in [3.05, 3.63) is 54.1 Å². The third-order valence-corrected chi connectivity index (χ3v) is 4.17.